The van der Waals surface area contributed by atoms with Crippen LogP contribution in [0.5, 0.6) is 5.75 Å². The van der Waals surface area contributed by atoms with Crippen molar-refractivity contribution < 1.29 is 4.74 Å². The molecule has 0 amide bonds. The summed E-state index contributed by atoms with van der Waals surface area (Å²) in [5.41, 5.74) is 2.57. The van der Waals surface area contributed by atoms with E-state index in [1.54, 1.807) is 19.2 Å². The molecule has 8 heteroatoms. The number of hydrogen-bond donors (Lipinski definition) is 0. The Morgan fingerprint density at radius 3 is 2.43 bits per heavy atom. The predicted molar refractivity (Wildman–Crippen MR) is 147 cm³/mol. The zero-order chi connectivity index (χ0) is 26.7. The smallest absolute Gasteiger partial charge is 0.349 e. The molecule has 37 heavy (non-hydrogen) atoms. The second-order valence-corrected chi connectivity index (χ2v) is 10.00. The molecule has 0 aliphatic carbocycles. The van der Waals surface area contributed by atoms with Crippen LogP contribution in [0.25, 0.3) is 11.0 Å². The van der Waals surface area contributed by atoms with Crippen LogP contribution in [-0.4, -0.2) is 51.2 Å². The molecule has 0 saturated carbocycles. The number of fused-ring (bicyclic) bond motifs is 1. The quantitative estimate of drug-likeness (QED) is 0.442. The Labute approximate surface area is 219 Å². The molecule has 4 rings (SSSR count). The van der Waals surface area contributed by atoms with Gasteiger partial charge in [-0.2, -0.15) is 10.2 Å². The molecule has 1 aliphatic rings. The van der Waals surface area contributed by atoms with Crippen LogP contribution in [0, 0.1) is 17.2 Å². The molecule has 1 saturated heterocycles. The third-order valence-corrected chi connectivity index (χ3v) is 7.94. The van der Waals surface area contributed by atoms with Gasteiger partial charge in [-0.3, -0.25) is 9.47 Å². The summed E-state index contributed by atoms with van der Waals surface area (Å²) in [6, 6.07) is 14.7. The molecule has 0 radical (unpaired) electrons. The number of benzene rings is 1. The van der Waals surface area contributed by atoms with Crippen LogP contribution in [0.1, 0.15) is 64.8 Å². The van der Waals surface area contributed by atoms with E-state index in [1.807, 2.05) is 19.1 Å². The van der Waals surface area contributed by atoms with Crippen LogP contribution in [0.3, 0.4) is 0 Å². The van der Waals surface area contributed by atoms with E-state index >= 15 is 0 Å². The minimum absolute atomic E-state index is 0.147. The van der Waals surface area contributed by atoms with Crippen LogP contribution < -0.4 is 15.3 Å². The van der Waals surface area contributed by atoms with E-state index in [0.717, 1.165) is 31.7 Å². The van der Waals surface area contributed by atoms with E-state index in [0.29, 0.717) is 35.1 Å². The van der Waals surface area contributed by atoms with Crippen molar-refractivity contribution in [1.82, 2.24) is 19.4 Å². The first-order valence-corrected chi connectivity index (χ1v) is 13.4. The molecule has 0 N–H and O–H groups in total. The SMILES string of the molecule is CCOc1ccc(C(C)N2CC(C(C)CC)N(c3nc(=O)n(C)c4ccc(C#N)nc34)C[C@H]2CC)cc1. The molecular weight excluding hydrogens is 464 g/mol. The number of aryl methyl sites for hydroxylation is 1. The lowest BCUT2D eigenvalue weighted by Gasteiger charge is -2.51. The fraction of sp³-hybridized carbons (Fsp3) is 0.517. The minimum Gasteiger partial charge on any atom is -0.494 e. The number of pyridine rings is 1. The molecule has 3 aromatic rings. The average molecular weight is 503 g/mol. The lowest BCUT2D eigenvalue weighted by molar-refractivity contribution is 0.0879. The van der Waals surface area contributed by atoms with E-state index in [2.05, 4.69) is 65.7 Å². The molecular formula is C29H38N6O2. The number of ether oxygens (including phenoxy) is 1. The highest BCUT2D eigenvalue weighted by Gasteiger charge is 2.39. The predicted octanol–water partition coefficient (Wildman–Crippen LogP) is 4.68. The fourth-order valence-corrected chi connectivity index (χ4v) is 5.44. The maximum Gasteiger partial charge on any atom is 0.349 e. The van der Waals surface area contributed by atoms with Crippen molar-refractivity contribution in [2.75, 3.05) is 24.6 Å². The summed E-state index contributed by atoms with van der Waals surface area (Å²) >= 11 is 0. The van der Waals surface area contributed by atoms with Crippen molar-refractivity contribution in [3.63, 3.8) is 0 Å². The van der Waals surface area contributed by atoms with Crippen molar-refractivity contribution in [2.24, 2.45) is 13.0 Å². The van der Waals surface area contributed by atoms with E-state index in [-0.39, 0.29) is 23.8 Å². The van der Waals surface area contributed by atoms with Crippen LogP contribution in [-0.2, 0) is 7.05 Å². The van der Waals surface area contributed by atoms with Crippen molar-refractivity contribution >= 4 is 16.9 Å². The maximum absolute atomic E-state index is 12.9. The number of rotatable bonds is 8. The van der Waals surface area contributed by atoms with Crippen LogP contribution >= 0.6 is 0 Å². The molecule has 196 valence electrons. The van der Waals surface area contributed by atoms with E-state index in [4.69, 9.17) is 4.74 Å². The molecule has 1 fully saturated rings. The zero-order valence-corrected chi connectivity index (χ0v) is 22.8. The van der Waals surface area contributed by atoms with Crippen LogP contribution in [0.2, 0.25) is 0 Å². The van der Waals surface area contributed by atoms with Gasteiger partial charge in [0.2, 0.25) is 0 Å². The summed E-state index contributed by atoms with van der Waals surface area (Å²) < 4.78 is 7.15. The van der Waals surface area contributed by atoms with Crippen LogP contribution in [0.15, 0.2) is 41.2 Å². The standard InChI is InChI=1S/C29H38N6O2/c1-7-19(4)26-18-34(20(5)21-10-13-24(14-11-21)37-9-3)23(8-2)17-35(26)28-27-25(33(6)29(36)32-28)15-12-22(16-30)31-27/h10-15,19-20,23,26H,7-9,17-18H2,1-6H3/t19?,20?,23-,26?/m1/s1. The average Bonchev–Trinajstić information content (AvgIpc) is 2.93. The lowest BCUT2D eigenvalue weighted by Crippen LogP contribution is -2.61. The molecule has 4 atom stereocenters. The largest absolute Gasteiger partial charge is 0.494 e. The summed E-state index contributed by atoms with van der Waals surface area (Å²) in [7, 11) is 1.70. The Morgan fingerprint density at radius 1 is 1.08 bits per heavy atom. The summed E-state index contributed by atoms with van der Waals surface area (Å²) in [6.45, 7) is 13.2. The van der Waals surface area contributed by atoms with Gasteiger partial charge in [-0.05, 0) is 56.0 Å². The molecule has 0 bridgehead atoms. The van der Waals surface area contributed by atoms with Gasteiger partial charge in [0.15, 0.2) is 5.82 Å². The third-order valence-electron chi connectivity index (χ3n) is 7.94. The summed E-state index contributed by atoms with van der Waals surface area (Å²) in [6.07, 6.45) is 1.97. The second-order valence-electron chi connectivity index (χ2n) is 10.00. The van der Waals surface area contributed by atoms with Gasteiger partial charge in [-0.15, -0.1) is 0 Å². The molecule has 8 nitrogen and oxygen atoms in total. The van der Waals surface area contributed by atoms with Crippen molar-refractivity contribution in [3.8, 4) is 11.8 Å². The van der Waals surface area contributed by atoms with Gasteiger partial charge in [0.1, 0.15) is 23.0 Å². The monoisotopic (exact) mass is 502 g/mol. The van der Waals surface area contributed by atoms with Gasteiger partial charge in [-0.1, -0.05) is 39.3 Å². The maximum atomic E-state index is 12.9. The Morgan fingerprint density at radius 2 is 1.81 bits per heavy atom. The van der Waals surface area contributed by atoms with Gasteiger partial charge in [0.05, 0.1) is 12.1 Å². The summed E-state index contributed by atoms with van der Waals surface area (Å²) in [5.74, 6) is 1.85. The number of piperazine rings is 1. The van der Waals surface area contributed by atoms with E-state index in [1.165, 1.54) is 10.1 Å². The number of nitrogens with zero attached hydrogens (tertiary/aromatic N) is 6. The van der Waals surface area contributed by atoms with Crippen molar-refractivity contribution in [3.05, 3.63) is 58.1 Å². The molecule has 2 aromatic heterocycles. The van der Waals surface area contributed by atoms with Crippen molar-refractivity contribution in [1.29, 1.82) is 5.26 Å². The summed E-state index contributed by atoms with van der Waals surface area (Å²) in [5, 5.41) is 9.50. The van der Waals surface area contributed by atoms with Gasteiger partial charge in [0.25, 0.3) is 0 Å². The highest BCUT2D eigenvalue weighted by atomic mass is 16.5. The lowest BCUT2D eigenvalue weighted by atomic mass is 9.90. The normalized spacial score (nSPS) is 20.0. The minimum atomic E-state index is -0.310. The highest BCUT2D eigenvalue weighted by molar-refractivity contribution is 5.86. The third kappa shape index (κ3) is 5.19. The molecule has 1 aromatic carbocycles. The first kappa shape index (κ1) is 26.6. The Bertz CT molecular complexity index is 1330. The number of hydrogen-bond acceptors (Lipinski definition) is 7. The number of aromatic nitrogens is 3. The van der Waals surface area contributed by atoms with Gasteiger partial charge >= 0.3 is 5.69 Å². The number of nitriles is 1. The Kier molecular flexibility index (Phi) is 8.13. The Balaban J connectivity index is 1.76. The van der Waals surface area contributed by atoms with Gasteiger partial charge < -0.3 is 9.64 Å². The zero-order valence-electron chi connectivity index (χ0n) is 22.8. The van der Waals surface area contributed by atoms with Crippen molar-refractivity contribution in [2.45, 2.75) is 65.6 Å². The topological polar surface area (TPSA) is 87.3 Å². The number of anilines is 1. The van der Waals surface area contributed by atoms with Crippen LogP contribution in [0.4, 0.5) is 5.82 Å². The van der Waals surface area contributed by atoms with E-state index in [9.17, 15) is 10.1 Å². The van der Waals surface area contributed by atoms with Gasteiger partial charge in [0, 0.05) is 38.3 Å². The first-order valence-electron chi connectivity index (χ1n) is 13.4. The van der Waals surface area contributed by atoms with Gasteiger partial charge in [-0.25, -0.2) is 9.78 Å². The molecule has 3 heterocycles. The molecule has 0 spiro atoms. The first-order chi connectivity index (χ1) is 17.8. The summed E-state index contributed by atoms with van der Waals surface area (Å²) in [4.78, 5) is 26.9. The second kappa shape index (κ2) is 11.3. The molecule has 1 aliphatic heterocycles. The highest BCUT2D eigenvalue weighted by Crippen LogP contribution is 2.35. The molecule has 3 unspecified atom stereocenters. The Hall–Kier alpha value is -3.44. The fourth-order valence-electron chi connectivity index (χ4n) is 5.44. The van der Waals surface area contributed by atoms with E-state index < -0.39 is 0 Å².